The van der Waals surface area contributed by atoms with Crippen LogP contribution in [0.2, 0.25) is 0 Å². The first kappa shape index (κ1) is 44.9. The Labute approximate surface area is 344 Å². The van der Waals surface area contributed by atoms with Crippen LogP contribution in [0.5, 0.6) is 23.0 Å². The van der Waals surface area contributed by atoms with E-state index in [9.17, 15) is 39.9 Å². The number of phenols is 3. The standard InChI is InChI=1S/C43H58N4O12/c1-21-12-11-13-22(2)41(54)45-33-27(20-44-47-17-15-46(8)16-18-47)37(51)30-31(38(33)52)36(50)26(6)39-32(30)40(53)43(7,59-39)58-19-14-28(56-9)23(3)29(42(55)57-10)24(4)35(49)25(5)34(21)48/h11-14,19-21,23-25,28-29,34-35,48-52H,15-18H2,1-10H3,(H,45,54)/b12-11+,19-14+,22-13-,44-20+. The van der Waals surface area contributed by atoms with Gasteiger partial charge in [-0.3, -0.25) is 19.4 Å². The molecular weight excluding hydrogens is 764 g/mol. The molecule has 322 valence electrons. The van der Waals surface area contributed by atoms with E-state index in [0.29, 0.717) is 13.1 Å². The Morgan fingerprint density at radius 3 is 2.22 bits per heavy atom. The Hall–Kier alpha value is -5.16. The zero-order valence-electron chi connectivity index (χ0n) is 35.3. The zero-order chi connectivity index (χ0) is 43.7. The van der Waals surface area contributed by atoms with E-state index in [-0.39, 0.29) is 44.5 Å². The number of nitrogens with zero attached hydrogens (tertiary/aromatic N) is 3. The monoisotopic (exact) mass is 822 g/mol. The molecule has 16 heteroatoms. The van der Waals surface area contributed by atoms with Crippen LogP contribution in [0.1, 0.15) is 63.0 Å². The number of allylic oxidation sites excluding steroid dienone is 2. The highest BCUT2D eigenvalue weighted by molar-refractivity contribution is 6.23. The molecule has 1 amide bonds. The number of nitrogens with one attached hydrogen (secondary N) is 1. The maximum Gasteiger partial charge on any atom is 0.312 e. The van der Waals surface area contributed by atoms with E-state index in [4.69, 9.17) is 18.9 Å². The lowest BCUT2D eigenvalue weighted by atomic mass is 9.73. The van der Waals surface area contributed by atoms with Crippen LogP contribution in [-0.4, -0.2) is 131 Å². The summed E-state index contributed by atoms with van der Waals surface area (Å²) in [5.41, 5.74) is -0.364. The zero-order valence-corrected chi connectivity index (χ0v) is 35.3. The van der Waals surface area contributed by atoms with Gasteiger partial charge in [0, 0.05) is 68.6 Å². The number of ketones is 1. The van der Waals surface area contributed by atoms with Gasteiger partial charge in [-0.2, -0.15) is 5.10 Å². The van der Waals surface area contributed by atoms with Gasteiger partial charge < -0.3 is 54.7 Å². The number of piperazine rings is 1. The number of aromatic hydroxyl groups is 3. The normalized spacial score (nSPS) is 32.1. The Bertz CT molecular complexity index is 2070. The number of hydrogen-bond donors (Lipinski definition) is 6. The minimum Gasteiger partial charge on any atom is -0.507 e. The quantitative estimate of drug-likeness (QED) is 0.110. The highest BCUT2D eigenvalue weighted by atomic mass is 16.7. The van der Waals surface area contributed by atoms with E-state index < -0.39 is 88.6 Å². The molecule has 4 heterocycles. The highest BCUT2D eigenvalue weighted by Gasteiger charge is 2.50. The third-order valence-corrected chi connectivity index (χ3v) is 12.1. The van der Waals surface area contributed by atoms with Gasteiger partial charge in [0.25, 0.3) is 11.7 Å². The summed E-state index contributed by atoms with van der Waals surface area (Å²) in [5.74, 6) is -9.41. The van der Waals surface area contributed by atoms with Crippen molar-refractivity contribution in [1.29, 1.82) is 0 Å². The van der Waals surface area contributed by atoms with Crippen LogP contribution < -0.4 is 10.1 Å². The van der Waals surface area contributed by atoms with Crippen molar-refractivity contribution in [2.45, 2.75) is 72.6 Å². The lowest BCUT2D eigenvalue weighted by molar-refractivity contribution is -0.155. The van der Waals surface area contributed by atoms with Gasteiger partial charge in [0.1, 0.15) is 17.2 Å². The number of hydrogen-bond acceptors (Lipinski definition) is 15. The minimum absolute atomic E-state index is 0.0529. The largest absolute Gasteiger partial charge is 0.507 e. The molecule has 1 saturated heterocycles. The molecule has 5 bridgehead atoms. The molecule has 0 spiro atoms. The van der Waals surface area contributed by atoms with Gasteiger partial charge in [-0.1, -0.05) is 45.9 Å². The Balaban J connectivity index is 1.71. The van der Waals surface area contributed by atoms with Crippen molar-refractivity contribution in [3.8, 4) is 23.0 Å². The van der Waals surface area contributed by atoms with Crippen LogP contribution in [0.15, 0.2) is 41.2 Å². The third-order valence-electron chi connectivity index (χ3n) is 12.1. The summed E-state index contributed by atoms with van der Waals surface area (Å²) in [6.07, 6.45) is 5.65. The number of phenolic OH excluding ortho intramolecular Hbond substituents is 3. The number of methoxy groups -OCH3 is 2. The Morgan fingerprint density at radius 1 is 0.932 bits per heavy atom. The van der Waals surface area contributed by atoms with E-state index in [1.807, 2.05) is 7.05 Å². The Morgan fingerprint density at radius 2 is 1.59 bits per heavy atom. The predicted molar refractivity (Wildman–Crippen MR) is 220 cm³/mol. The summed E-state index contributed by atoms with van der Waals surface area (Å²) in [7, 11) is 4.65. The van der Waals surface area contributed by atoms with E-state index in [2.05, 4.69) is 15.3 Å². The van der Waals surface area contributed by atoms with Crippen LogP contribution in [0, 0.1) is 36.5 Å². The summed E-state index contributed by atoms with van der Waals surface area (Å²) >= 11 is 0. The third kappa shape index (κ3) is 8.62. The topological polar surface area (TPSA) is 220 Å². The van der Waals surface area contributed by atoms with Gasteiger partial charge in [0.2, 0.25) is 0 Å². The molecule has 0 aromatic heterocycles. The number of Topliss-reactive ketones (excluding diaryl/α,β-unsaturated/α-hetero) is 1. The number of aliphatic hydroxyl groups is 2. The van der Waals surface area contributed by atoms with Crippen molar-refractivity contribution in [2.24, 2.45) is 34.7 Å². The van der Waals surface area contributed by atoms with Crippen LogP contribution in [0.3, 0.4) is 0 Å². The smallest absolute Gasteiger partial charge is 0.312 e. The average Bonchev–Trinajstić information content (AvgIpc) is 3.47. The molecule has 2 aromatic rings. The number of anilines is 1. The number of amides is 1. The number of carbonyl (C=O) groups excluding carboxylic acids is 3. The number of rotatable bonds is 4. The fourth-order valence-electron chi connectivity index (χ4n) is 8.12. The van der Waals surface area contributed by atoms with Gasteiger partial charge in [0.15, 0.2) is 5.75 Å². The average molecular weight is 823 g/mol. The molecule has 0 saturated carbocycles. The second-order valence-electron chi connectivity index (χ2n) is 16.1. The van der Waals surface area contributed by atoms with E-state index in [0.717, 1.165) is 13.1 Å². The molecule has 16 nitrogen and oxygen atoms in total. The molecule has 59 heavy (non-hydrogen) atoms. The van der Waals surface area contributed by atoms with Crippen molar-refractivity contribution in [1.82, 2.24) is 9.91 Å². The van der Waals surface area contributed by atoms with Crippen molar-refractivity contribution >= 4 is 40.3 Å². The van der Waals surface area contributed by atoms with Crippen molar-refractivity contribution in [3.63, 3.8) is 0 Å². The van der Waals surface area contributed by atoms with Gasteiger partial charge in [-0.15, -0.1) is 0 Å². The molecule has 1 fully saturated rings. The maximum absolute atomic E-state index is 14.4. The van der Waals surface area contributed by atoms with Gasteiger partial charge in [0.05, 0.1) is 66.0 Å². The first-order valence-electron chi connectivity index (χ1n) is 19.7. The molecule has 6 N–H and O–H groups in total. The van der Waals surface area contributed by atoms with Crippen molar-refractivity contribution in [2.75, 3.05) is 52.8 Å². The van der Waals surface area contributed by atoms with Crippen LogP contribution >= 0.6 is 0 Å². The molecule has 2 aromatic carbocycles. The van der Waals surface area contributed by atoms with E-state index in [1.165, 1.54) is 59.6 Å². The van der Waals surface area contributed by atoms with Gasteiger partial charge in [-0.25, -0.2) is 0 Å². The molecule has 0 aliphatic carbocycles. The molecular formula is C43H58N4O12. The lowest BCUT2D eigenvalue weighted by Crippen LogP contribution is -2.45. The maximum atomic E-state index is 14.4. The summed E-state index contributed by atoms with van der Waals surface area (Å²) < 4.78 is 23.0. The number of carbonyl (C=O) groups is 3. The van der Waals surface area contributed by atoms with Crippen LogP contribution in [0.4, 0.5) is 5.69 Å². The molecule has 6 rings (SSSR count). The summed E-state index contributed by atoms with van der Waals surface area (Å²) in [4.78, 5) is 43.6. The number of ether oxygens (including phenoxy) is 4. The first-order valence-corrected chi connectivity index (χ1v) is 19.7. The van der Waals surface area contributed by atoms with Crippen LogP contribution in [0.25, 0.3) is 10.8 Å². The fraction of sp³-hybridized carbons (Fsp3) is 0.535. The molecule has 9 unspecified atom stereocenters. The number of hydrazone groups is 1. The summed E-state index contributed by atoms with van der Waals surface area (Å²) in [6.45, 7) is 13.8. The molecule has 4 aliphatic heterocycles. The lowest BCUT2D eigenvalue weighted by Gasteiger charge is -2.37. The fourth-order valence-corrected chi connectivity index (χ4v) is 8.12. The number of likely N-dealkylation sites (N-methyl/N-ethyl adjacent to an activating group) is 1. The predicted octanol–water partition coefficient (Wildman–Crippen LogP) is 4.19. The second kappa shape index (κ2) is 18.0. The summed E-state index contributed by atoms with van der Waals surface area (Å²) in [5, 5.41) is 66.9. The van der Waals surface area contributed by atoms with Crippen molar-refractivity contribution < 1.29 is 58.9 Å². The number of benzene rings is 2. The van der Waals surface area contributed by atoms with Gasteiger partial charge >= 0.3 is 11.8 Å². The molecule has 9 atom stereocenters. The SMILES string of the molecule is COC(=O)C1C(C)C(OC)/C=C/OC2(C)Oc3c(C)c(O)c4c(O)c(c(/C=N/N5CCN(C)CC5)c(O)c4c3C2=O)NC(=O)/C(C)=C\C=C\C(C)C(O)C(C)C(O)C1C. The first-order chi connectivity index (χ1) is 27.8. The number of aliphatic hydroxyl groups excluding tert-OH is 2. The van der Waals surface area contributed by atoms with Crippen LogP contribution in [-0.2, 0) is 23.8 Å². The Kier molecular flexibility index (Phi) is 13.7. The highest BCUT2D eigenvalue weighted by Crippen LogP contribution is 2.55. The summed E-state index contributed by atoms with van der Waals surface area (Å²) in [6, 6.07) is 0. The number of fused-ring (bicyclic) bond motifs is 14. The molecule has 0 radical (unpaired) electrons. The van der Waals surface area contributed by atoms with E-state index >= 15 is 0 Å². The second-order valence-corrected chi connectivity index (χ2v) is 16.1. The van der Waals surface area contributed by atoms with Gasteiger partial charge in [-0.05, 0) is 38.8 Å². The molecule has 4 aliphatic rings. The van der Waals surface area contributed by atoms with E-state index in [1.54, 1.807) is 44.9 Å². The number of esters is 1. The van der Waals surface area contributed by atoms with Crippen molar-refractivity contribution in [3.05, 3.63) is 52.8 Å². The minimum atomic E-state index is -2.05.